The van der Waals surface area contributed by atoms with Crippen molar-refractivity contribution >= 4 is 29.0 Å². The van der Waals surface area contributed by atoms with Crippen LogP contribution in [0.2, 0.25) is 0 Å². The largest absolute Gasteiger partial charge is 0.332 e. The second-order valence-electron chi connectivity index (χ2n) is 9.92. The zero-order chi connectivity index (χ0) is 25.5. The number of nitrogens with one attached hydrogen (secondary N) is 1. The van der Waals surface area contributed by atoms with Gasteiger partial charge in [-0.3, -0.25) is 4.79 Å². The molecule has 1 heterocycles. The van der Waals surface area contributed by atoms with E-state index in [1.165, 1.54) is 11.3 Å². The fourth-order valence-corrected chi connectivity index (χ4v) is 5.85. The summed E-state index contributed by atoms with van der Waals surface area (Å²) in [6.07, 6.45) is 5.25. The molecule has 4 rings (SSSR count). The lowest BCUT2D eigenvalue weighted by atomic mass is 9.94. The van der Waals surface area contributed by atoms with Gasteiger partial charge >= 0.3 is 6.03 Å². The number of benzene rings is 2. The van der Waals surface area contributed by atoms with Crippen molar-refractivity contribution in [3.8, 4) is 0 Å². The Balaban J connectivity index is 1.55. The van der Waals surface area contributed by atoms with Crippen molar-refractivity contribution < 1.29 is 9.59 Å². The van der Waals surface area contributed by atoms with Crippen molar-refractivity contribution in [1.29, 1.82) is 0 Å². The molecular formula is C30H37N3O2S. The number of anilines is 1. The molecule has 2 aromatic carbocycles. The summed E-state index contributed by atoms with van der Waals surface area (Å²) in [7, 11) is 0. The Morgan fingerprint density at radius 3 is 2.33 bits per heavy atom. The van der Waals surface area contributed by atoms with Crippen LogP contribution in [0.5, 0.6) is 0 Å². The minimum atomic E-state index is -0.186. The Bertz CT molecular complexity index is 1170. The van der Waals surface area contributed by atoms with Gasteiger partial charge in [-0.15, -0.1) is 11.3 Å². The van der Waals surface area contributed by atoms with Crippen molar-refractivity contribution in [2.24, 2.45) is 0 Å². The zero-order valence-corrected chi connectivity index (χ0v) is 22.4. The van der Waals surface area contributed by atoms with E-state index in [1.54, 1.807) is 16.2 Å². The lowest BCUT2D eigenvalue weighted by Crippen LogP contribution is -2.49. The van der Waals surface area contributed by atoms with Gasteiger partial charge in [-0.05, 0) is 62.9 Å². The van der Waals surface area contributed by atoms with Gasteiger partial charge in [0.25, 0.3) is 0 Å². The average Bonchev–Trinajstić information content (AvgIpc) is 3.29. The van der Waals surface area contributed by atoms with Gasteiger partial charge in [0, 0.05) is 28.0 Å². The number of thiophene rings is 1. The Morgan fingerprint density at radius 1 is 0.917 bits per heavy atom. The number of aryl methyl sites for hydroxylation is 3. The first-order valence-corrected chi connectivity index (χ1v) is 13.7. The molecule has 190 valence electrons. The first-order valence-electron chi connectivity index (χ1n) is 12.9. The van der Waals surface area contributed by atoms with Crippen molar-refractivity contribution in [3.05, 3.63) is 87.1 Å². The molecular weight excluding hydrogens is 466 g/mol. The van der Waals surface area contributed by atoms with E-state index in [2.05, 4.69) is 30.4 Å². The van der Waals surface area contributed by atoms with E-state index in [4.69, 9.17) is 0 Å². The number of nitrogens with zero attached hydrogens (tertiary/aromatic N) is 2. The van der Waals surface area contributed by atoms with Gasteiger partial charge in [-0.2, -0.15) is 0 Å². The molecule has 5 nitrogen and oxygen atoms in total. The van der Waals surface area contributed by atoms with E-state index in [0.29, 0.717) is 13.1 Å². The molecule has 0 atom stereocenters. The molecule has 1 fully saturated rings. The van der Waals surface area contributed by atoms with Gasteiger partial charge < -0.3 is 15.1 Å². The molecule has 3 amide bonds. The van der Waals surface area contributed by atoms with Gasteiger partial charge in [-0.25, -0.2) is 4.79 Å². The Kier molecular flexibility index (Phi) is 8.81. The van der Waals surface area contributed by atoms with Crippen molar-refractivity contribution in [2.45, 2.75) is 72.0 Å². The minimum absolute atomic E-state index is 0.0220. The van der Waals surface area contributed by atoms with Gasteiger partial charge in [0.1, 0.15) is 6.54 Å². The van der Waals surface area contributed by atoms with Crippen LogP contribution in [-0.4, -0.2) is 34.3 Å². The fraction of sp³-hybridized carbons (Fsp3) is 0.400. The molecule has 0 bridgehead atoms. The number of urea groups is 1. The third kappa shape index (κ3) is 6.97. The topological polar surface area (TPSA) is 52.7 Å². The summed E-state index contributed by atoms with van der Waals surface area (Å²) in [6, 6.07) is 20.2. The van der Waals surface area contributed by atoms with Crippen LogP contribution in [0.15, 0.2) is 60.7 Å². The predicted octanol–water partition coefficient (Wildman–Crippen LogP) is 7.07. The highest BCUT2D eigenvalue weighted by atomic mass is 32.1. The van der Waals surface area contributed by atoms with Crippen LogP contribution < -0.4 is 5.32 Å². The van der Waals surface area contributed by atoms with E-state index in [0.717, 1.165) is 52.9 Å². The van der Waals surface area contributed by atoms with Crippen LogP contribution in [0, 0.1) is 20.8 Å². The first kappa shape index (κ1) is 26.0. The summed E-state index contributed by atoms with van der Waals surface area (Å²) in [4.78, 5) is 33.4. The normalized spacial score (nSPS) is 13.9. The second kappa shape index (κ2) is 12.2. The van der Waals surface area contributed by atoms with Crippen LogP contribution in [0.25, 0.3) is 0 Å². The zero-order valence-electron chi connectivity index (χ0n) is 21.6. The highest BCUT2D eigenvalue weighted by Gasteiger charge is 2.29. The molecule has 36 heavy (non-hydrogen) atoms. The average molecular weight is 504 g/mol. The van der Waals surface area contributed by atoms with Crippen molar-refractivity contribution in [1.82, 2.24) is 9.80 Å². The summed E-state index contributed by atoms with van der Waals surface area (Å²) in [6.45, 7) is 7.28. The molecule has 1 saturated carbocycles. The van der Waals surface area contributed by atoms with E-state index in [9.17, 15) is 9.59 Å². The van der Waals surface area contributed by atoms with Gasteiger partial charge in [0.15, 0.2) is 0 Å². The molecule has 0 saturated heterocycles. The quantitative estimate of drug-likeness (QED) is 0.357. The maximum Gasteiger partial charge on any atom is 0.322 e. The summed E-state index contributed by atoms with van der Waals surface area (Å²) in [5.74, 6) is -0.0220. The maximum absolute atomic E-state index is 13.8. The number of carbonyl (C=O) groups excluding carboxylic acids is 2. The highest BCUT2D eigenvalue weighted by Crippen LogP contribution is 2.25. The molecule has 0 radical (unpaired) electrons. The van der Waals surface area contributed by atoms with E-state index in [-0.39, 0.29) is 24.5 Å². The summed E-state index contributed by atoms with van der Waals surface area (Å²) in [5.41, 5.74) is 4.07. The minimum Gasteiger partial charge on any atom is -0.332 e. The fourth-order valence-electron chi connectivity index (χ4n) is 4.94. The predicted molar refractivity (Wildman–Crippen MR) is 148 cm³/mol. The Labute approximate surface area is 219 Å². The van der Waals surface area contributed by atoms with Crippen LogP contribution in [-0.2, 0) is 17.9 Å². The molecule has 6 heteroatoms. The number of rotatable bonds is 8. The maximum atomic E-state index is 13.8. The molecule has 1 aliphatic carbocycles. The van der Waals surface area contributed by atoms with E-state index < -0.39 is 0 Å². The van der Waals surface area contributed by atoms with Crippen LogP contribution in [0.4, 0.5) is 10.5 Å². The van der Waals surface area contributed by atoms with Crippen molar-refractivity contribution in [3.63, 3.8) is 0 Å². The van der Waals surface area contributed by atoms with Gasteiger partial charge in [0.05, 0.1) is 6.54 Å². The Morgan fingerprint density at radius 2 is 1.67 bits per heavy atom. The standard InChI is InChI=1S/C30H37N3O2S/c1-22-14-17-28(23(2)18-22)31-30(35)33(26-12-8-5-9-13-26)21-29(34)32(19-25-10-6-4-7-11-25)20-27-16-15-24(3)36-27/h4,6-7,10-11,14-18,26H,5,8-9,12-13,19-21H2,1-3H3,(H,31,35). The van der Waals surface area contributed by atoms with E-state index in [1.807, 2.05) is 61.2 Å². The molecule has 0 unspecified atom stereocenters. The third-order valence-electron chi connectivity index (χ3n) is 6.92. The van der Waals surface area contributed by atoms with Crippen LogP contribution >= 0.6 is 11.3 Å². The Hall–Kier alpha value is -3.12. The molecule has 1 N–H and O–H groups in total. The number of hydrogen-bond donors (Lipinski definition) is 1. The third-order valence-corrected chi connectivity index (χ3v) is 7.90. The molecule has 0 spiro atoms. The molecule has 1 aromatic heterocycles. The van der Waals surface area contributed by atoms with Crippen LogP contribution in [0.1, 0.15) is 58.5 Å². The number of carbonyl (C=O) groups is 2. The monoisotopic (exact) mass is 503 g/mol. The molecule has 3 aromatic rings. The van der Waals surface area contributed by atoms with Crippen molar-refractivity contribution in [2.75, 3.05) is 11.9 Å². The van der Waals surface area contributed by atoms with Gasteiger partial charge in [-0.1, -0.05) is 67.3 Å². The first-order chi connectivity index (χ1) is 17.4. The number of amides is 3. The molecule has 0 aliphatic heterocycles. The number of hydrogen-bond acceptors (Lipinski definition) is 3. The summed E-state index contributed by atoms with van der Waals surface area (Å²) in [5, 5.41) is 3.10. The van der Waals surface area contributed by atoms with Gasteiger partial charge in [0.2, 0.25) is 5.91 Å². The molecule has 1 aliphatic rings. The lowest BCUT2D eigenvalue weighted by molar-refractivity contribution is -0.133. The smallest absolute Gasteiger partial charge is 0.322 e. The second-order valence-corrected chi connectivity index (χ2v) is 11.3. The summed E-state index contributed by atoms with van der Waals surface area (Å²) >= 11 is 1.72. The SMILES string of the molecule is Cc1ccc(NC(=O)N(CC(=O)N(Cc2ccccc2)Cc2ccc(C)s2)C2CCCCC2)c(C)c1. The summed E-state index contributed by atoms with van der Waals surface area (Å²) < 4.78 is 0. The van der Waals surface area contributed by atoms with Crippen LogP contribution in [0.3, 0.4) is 0 Å². The van der Waals surface area contributed by atoms with E-state index >= 15 is 0 Å². The lowest BCUT2D eigenvalue weighted by Gasteiger charge is -2.35. The highest BCUT2D eigenvalue weighted by molar-refractivity contribution is 7.11.